The van der Waals surface area contributed by atoms with Crippen molar-refractivity contribution in [2.24, 2.45) is 5.41 Å². The quantitative estimate of drug-likeness (QED) is 0.719. The highest BCUT2D eigenvalue weighted by atomic mass is 15.0. The number of rotatable bonds is 2. The lowest BCUT2D eigenvalue weighted by Crippen LogP contribution is -2.27. The largest absolute Gasteiger partial charge is 0.209 e. The summed E-state index contributed by atoms with van der Waals surface area (Å²) in [5.41, 5.74) is 0.213. The Morgan fingerprint density at radius 1 is 1.00 bits per heavy atom. The molecule has 2 radical (unpaired) electrons. The molecule has 0 spiro atoms. The summed E-state index contributed by atoms with van der Waals surface area (Å²) in [6.45, 7) is 10.9. The Hall–Kier alpha value is -0.990. The standard InChI is InChI=1S/C11H17N3/c1-10(2,3)6-11(4,5)9-13-7-12-8-14-9/h6H2,1-5H3. The molecule has 14 heavy (non-hydrogen) atoms. The number of nitrogens with zero attached hydrogens (tertiary/aromatic N) is 3. The van der Waals surface area contributed by atoms with Gasteiger partial charge in [0.25, 0.3) is 0 Å². The first-order valence-electron chi connectivity index (χ1n) is 4.80. The van der Waals surface area contributed by atoms with Crippen LogP contribution in [0, 0.1) is 18.1 Å². The van der Waals surface area contributed by atoms with Gasteiger partial charge < -0.3 is 0 Å². The van der Waals surface area contributed by atoms with Gasteiger partial charge in [-0.15, -0.1) is 0 Å². The summed E-state index contributed by atoms with van der Waals surface area (Å²) in [6, 6.07) is 0. The van der Waals surface area contributed by atoms with Crippen molar-refractivity contribution in [1.29, 1.82) is 0 Å². The molecule has 0 saturated carbocycles. The molecule has 3 heteroatoms. The molecule has 0 aliphatic heterocycles. The van der Waals surface area contributed by atoms with Crippen LogP contribution in [0.4, 0.5) is 0 Å². The molecule has 0 amide bonds. The average molecular weight is 191 g/mol. The van der Waals surface area contributed by atoms with Gasteiger partial charge in [-0.3, -0.25) is 0 Å². The zero-order chi connectivity index (χ0) is 10.8. The van der Waals surface area contributed by atoms with Crippen LogP contribution in [0.2, 0.25) is 0 Å². The Morgan fingerprint density at radius 3 is 1.93 bits per heavy atom. The van der Waals surface area contributed by atoms with E-state index in [0.717, 1.165) is 12.2 Å². The van der Waals surface area contributed by atoms with E-state index in [1.54, 1.807) is 0 Å². The van der Waals surface area contributed by atoms with Gasteiger partial charge in [0.15, 0.2) is 0 Å². The molecule has 3 nitrogen and oxygen atoms in total. The van der Waals surface area contributed by atoms with E-state index in [1.807, 2.05) is 0 Å². The van der Waals surface area contributed by atoms with Crippen LogP contribution in [0.15, 0.2) is 0 Å². The molecule has 0 fully saturated rings. The number of aromatic nitrogens is 3. The SMILES string of the molecule is CC(C)(C)CC(C)(C)c1n[c]n[c]n1. The molecule has 0 aliphatic rings. The van der Waals surface area contributed by atoms with Crippen LogP contribution >= 0.6 is 0 Å². The van der Waals surface area contributed by atoms with Crippen LogP contribution < -0.4 is 0 Å². The minimum absolute atomic E-state index is 0.0474. The van der Waals surface area contributed by atoms with Gasteiger partial charge in [-0.2, -0.15) is 0 Å². The van der Waals surface area contributed by atoms with Crippen LogP contribution in [0.5, 0.6) is 0 Å². The van der Waals surface area contributed by atoms with E-state index in [9.17, 15) is 0 Å². The van der Waals surface area contributed by atoms with E-state index in [4.69, 9.17) is 0 Å². The monoisotopic (exact) mass is 191 g/mol. The Labute approximate surface area is 86.0 Å². The van der Waals surface area contributed by atoms with Crippen LogP contribution in [0.1, 0.15) is 46.9 Å². The van der Waals surface area contributed by atoms with Gasteiger partial charge in [0.2, 0.25) is 12.7 Å². The van der Waals surface area contributed by atoms with E-state index in [2.05, 4.69) is 62.2 Å². The molecule has 0 aliphatic carbocycles. The maximum absolute atomic E-state index is 4.06. The molecule has 0 aromatic carbocycles. The molecule has 0 N–H and O–H groups in total. The van der Waals surface area contributed by atoms with Gasteiger partial charge in [0, 0.05) is 5.41 Å². The fourth-order valence-electron chi connectivity index (χ4n) is 1.90. The molecule has 1 aromatic rings. The van der Waals surface area contributed by atoms with Crippen LogP contribution in [0.3, 0.4) is 0 Å². The van der Waals surface area contributed by atoms with Gasteiger partial charge >= 0.3 is 0 Å². The smallest absolute Gasteiger partial charge is 0.201 e. The fourth-order valence-corrected chi connectivity index (χ4v) is 1.90. The van der Waals surface area contributed by atoms with Crippen LogP contribution in [0.25, 0.3) is 0 Å². The first kappa shape index (κ1) is 11.1. The summed E-state index contributed by atoms with van der Waals surface area (Å²) in [5, 5.41) is 0. The van der Waals surface area contributed by atoms with Crippen LogP contribution in [-0.2, 0) is 5.41 Å². The molecule has 0 unspecified atom stereocenters. The van der Waals surface area contributed by atoms with Gasteiger partial charge in [-0.1, -0.05) is 34.6 Å². The lowest BCUT2D eigenvalue weighted by Gasteiger charge is -2.30. The maximum Gasteiger partial charge on any atom is 0.201 e. The molecule has 0 saturated heterocycles. The Kier molecular flexibility index (Phi) is 2.88. The van der Waals surface area contributed by atoms with Crippen molar-refractivity contribution in [2.45, 2.75) is 46.5 Å². The number of hydrogen-bond acceptors (Lipinski definition) is 3. The summed E-state index contributed by atoms with van der Waals surface area (Å²) in [6.07, 6.45) is 6.09. The first-order chi connectivity index (χ1) is 6.31. The van der Waals surface area contributed by atoms with Crippen molar-refractivity contribution in [3.8, 4) is 0 Å². The predicted molar refractivity (Wildman–Crippen MR) is 54.6 cm³/mol. The van der Waals surface area contributed by atoms with Crippen LogP contribution in [-0.4, -0.2) is 15.0 Å². The van der Waals surface area contributed by atoms with Crippen molar-refractivity contribution in [3.63, 3.8) is 0 Å². The van der Waals surface area contributed by atoms with E-state index in [0.29, 0.717) is 0 Å². The van der Waals surface area contributed by atoms with E-state index in [-0.39, 0.29) is 10.8 Å². The van der Waals surface area contributed by atoms with Crippen molar-refractivity contribution in [2.75, 3.05) is 0 Å². The minimum Gasteiger partial charge on any atom is -0.209 e. The second-order valence-corrected chi connectivity index (χ2v) is 5.48. The maximum atomic E-state index is 4.06. The van der Waals surface area contributed by atoms with Gasteiger partial charge in [0.05, 0.1) is 0 Å². The highest BCUT2D eigenvalue weighted by molar-refractivity contribution is 5.02. The Bertz CT molecular complexity index is 285. The summed E-state index contributed by atoms with van der Waals surface area (Å²) in [7, 11) is 0. The topological polar surface area (TPSA) is 38.7 Å². The molecule has 0 atom stereocenters. The third kappa shape index (κ3) is 3.05. The molecule has 1 heterocycles. The highest BCUT2D eigenvalue weighted by Crippen LogP contribution is 2.33. The van der Waals surface area contributed by atoms with Crippen molar-refractivity contribution >= 4 is 0 Å². The van der Waals surface area contributed by atoms with Crippen molar-refractivity contribution < 1.29 is 0 Å². The molecule has 0 bridgehead atoms. The van der Waals surface area contributed by atoms with Gasteiger partial charge in [0.1, 0.15) is 5.82 Å². The van der Waals surface area contributed by atoms with Gasteiger partial charge in [-0.25, -0.2) is 15.0 Å². The zero-order valence-corrected chi connectivity index (χ0v) is 9.55. The number of hydrogen-bond donors (Lipinski definition) is 0. The molecule has 1 aromatic heterocycles. The Morgan fingerprint density at radius 2 is 1.50 bits per heavy atom. The third-order valence-electron chi connectivity index (χ3n) is 1.99. The zero-order valence-electron chi connectivity index (χ0n) is 9.55. The summed E-state index contributed by atoms with van der Waals surface area (Å²) in [5.74, 6) is 0.766. The lowest BCUT2D eigenvalue weighted by atomic mass is 9.76. The molecule has 76 valence electrons. The summed E-state index contributed by atoms with van der Waals surface area (Å²) < 4.78 is 0. The van der Waals surface area contributed by atoms with Crippen molar-refractivity contribution in [1.82, 2.24) is 15.0 Å². The Balaban J connectivity index is 2.86. The van der Waals surface area contributed by atoms with Gasteiger partial charge in [-0.05, 0) is 11.8 Å². The molecular weight excluding hydrogens is 174 g/mol. The third-order valence-corrected chi connectivity index (χ3v) is 1.99. The van der Waals surface area contributed by atoms with E-state index in [1.165, 1.54) is 0 Å². The highest BCUT2D eigenvalue weighted by Gasteiger charge is 2.29. The lowest BCUT2D eigenvalue weighted by molar-refractivity contribution is 0.274. The minimum atomic E-state index is -0.0474. The predicted octanol–water partition coefficient (Wildman–Crippen LogP) is 2.19. The average Bonchev–Trinajstić information content (AvgIpc) is 2.01. The van der Waals surface area contributed by atoms with E-state index < -0.39 is 0 Å². The van der Waals surface area contributed by atoms with Crippen molar-refractivity contribution in [3.05, 3.63) is 18.5 Å². The second-order valence-electron chi connectivity index (χ2n) is 5.48. The second kappa shape index (κ2) is 3.64. The normalized spacial score (nSPS) is 12.9. The fraction of sp³-hybridized carbons (Fsp3) is 0.727. The summed E-state index contributed by atoms with van der Waals surface area (Å²) >= 11 is 0. The molecular formula is C11H17N3. The first-order valence-corrected chi connectivity index (χ1v) is 4.80. The van der Waals surface area contributed by atoms with E-state index >= 15 is 0 Å². The summed E-state index contributed by atoms with van der Waals surface area (Å²) in [4.78, 5) is 11.7. The molecule has 1 rings (SSSR count).